The Kier molecular flexibility index (Phi) is 11.9. The summed E-state index contributed by atoms with van der Waals surface area (Å²) in [5.41, 5.74) is 2.65. The molecule has 5 nitrogen and oxygen atoms in total. The molecule has 148 valence electrons. The first-order valence-electron chi connectivity index (χ1n) is 9.39. The Hall–Kier alpha value is -0.860. The first-order chi connectivity index (χ1) is 12.2. The van der Waals surface area contributed by atoms with Gasteiger partial charge in [0, 0.05) is 33.4 Å². The van der Waals surface area contributed by atoms with E-state index in [0.717, 1.165) is 51.7 Å². The van der Waals surface area contributed by atoms with Gasteiger partial charge in [-0.2, -0.15) is 0 Å². The lowest BCUT2D eigenvalue weighted by Gasteiger charge is -2.17. The monoisotopic (exact) mass is 475 g/mol. The van der Waals surface area contributed by atoms with Gasteiger partial charge in [0.1, 0.15) is 0 Å². The lowest BCUT2D eigenvalue weighted by atomic mass is 9.99. The van der Waals surface area contributed by atoms with Crippen molar-refractivity contribution < 1.29 is 9.47 Å². The van der Waals surface area contributed by atoms with Crippen LogP contribution in [-0.2, 0) is 9.47 Å². The molecule has 0 amide bonds. The summed E-state index contributed by atoms with van der Waals surface area (Å²) >= 11 is 0. The molecule has 1 aromatic carbocycles. The maximum absolute atomic E-state index is 5.67. The lowest BCUT2D eigenvalue weighted by Crippen LogP contribution is -2.39. The molecule has 6 heteroatoms. The van der Waals surface area contributed by atoms with Crippen molar-refractivity contribution in [1.29, 1.82) is 0 Å². The molecule has 1 aliphatic heterocycles. The van der Waals surface area contributed by atoms with Crippen LogP contribution in [0.5, 0.6) is 0 Å². The molecular weight excluding hydrogens is 441 g/mol. The predicted octanol–water partition coefficient (Wildman–Crippen LogP) is 3.47. The Balaban J connectivity index is 0.00000338. The fourth-order valence-corrected chi connectivity index (χ4v) is 2.94. The fraction of sp³-hybridized carbons (Fsp3) is 0.650. The molecule has 0 radical (unpaired) electrons. The van der Waals surface area contributed by atoms with Gasteiger partial charge in [0.2, 0.25) is 0 Å². The number of hydrogen-bond donors (Lipinski definition) is 2. The van der Waals surface area contributed by atoms with Gasteiger partial charge in [-0.15, -0.1) is 24.0 Å². The van der Waals surface area contributed by atoms with Crippen LogP contribution in [0.4, 0.5) is 0 Å². The maximum Gasteiger partial charge on any atom is 0.190 e. The van der Waals surface area contributed by atoms with Crippen LogP contribution in [-0.4, -0.2) is 52.0 Å². The van der Waals surface area contributed by atoms with Crippen LogP contribution in [0.25, 0.3) is 0 Å². The Morgan fingerprint density at radius 1 is 1.38 bits per heavy atom. The minimum absolute atomic E-state index is 0. The summed E-state index contributed by atoms with van der Waals surface area (Å²) in [5, 5.41) is 6.74. The summed E-state index contributed by atoms with van der Waals surface area (Å²) in [6.45, 7) is 8.44. The summed E-state index contributed by atoms with van der Waals surface area (Å²) in [6, 6.07) is 8.67. The second kappa shape index (κ2) is 13.3. The molecule has 0 bridgehead atoms. The molecule has 1 heterocycles. The second-order valence-corrected chi connectivity index (χ2v) is 6.76. The van der Waals surface area contributed by atoms with Crippen LogP contribution in [0.1, 0.15) is 43.2 Å². The Morgan fingerprint density at radius 2 is 2.23 bits per heavy atom. The molecule has 0 aromatic heterocycles. The van der Waals surface area contributed by atoms with Gasteiger partial charge in [0.05, 0.1) is 12.7 Å². The standard InChI is InChI=1S/C20H33N3O2.HI/c1-16-7-4-8-18(13-16)17(2)14-23-20(21-3)22-10-6-11-24-15-19-9-5-12-25-19;/h4,7-8,13,17,19H,5-6,9-12,14-15H2,1-3H3,(H2,21,22,23);1H. The van der Waals surface area contributed by atoms with Crippen molar-refractivity contribution in [2.45, 2.75) is 45.1 Å². The number of rotatable bonds is 9. The molecule has 2 N–H and O–H groups in total. The fourth-order valence-electron chi connectivity index (χ4n) is 2.94. The number of aliphatic imine (C=N–C) groups is 1. The first-order valence-corrected chi connectivity index (χ1v) is 9.39. The molecule has 0 aliphatic carbocycles. The van der Waals surface area contributed by atoms with Gasteiger partial charge in [-0.25, -0.2) is 0 Å². The third-order valence-corrected chi connectivity index (χ3v) is 4.50. The average molecular weight is 475 g/mol. The molecule has 1 saturated heterocycles. The molecule has 2 rings (SSSR count). The smallest absolute Gasteiger partial charge is 0.190 e. The van der Waals surface area contributed by atoms with E-state index in [2.05, 4.69) is 53.7 Å². The molecule has 0 spiro atoms. The molecule has 2 atom stereocenters. The zero-order valence-electron chi connectivity index (χ0n) is 16.3. The number of aryl methyl sites for hydroxylation is 1. The number of guanidine groups is 1. The van der Waals surface area contributed by atoms with E-state index in [1.165, 1.54) is 17.5 Å². The summed E-state index contributed by atoms with van der Waals surface area (Å²) < 4.78 is 11.2. The summed E-state index contributed by atoms with van der Waals surface area (Å²) in [4.78, 5) is 4.29. The second-order valence-electron chi connectivity index (χ2n) is 6.76. The molecular formula is C20H34IN3O2. The van der Waals surface area contributed by atoms with Gasteiger partial charge in [-0.3, -0.25) is 4.99 Å². The molecule has 0 saturated carbocycles. The molecule has 26 heavy (non-hydrogen) atoms. The summed E-state index contributed by atoms with van der Waals surface area (Å²) in [7, 11) is 1.81. The van der Waals surface area contributed by atoms with Gasteiger partial charge in [-0.05, 0) is 37.7 Å². The van der Waals surface area contributed by atoms with Crippen LogP contribution in [0.3, 0.4) is 0 Å². The van der Waals surface area contributed by atoms with Gasteiger partial charge in [-0.1, -0.05) is 36.8 Å². The number of benzene rings is 1. The van der Waals surface area contributed by atoms with E-state index in [1.54, 1.807) is 7.05 Å². The minimum atomic E-state index is 0. The van der Waals surface area contributed by atoms with E-state index < -0.39 is 0 Å². The minimum Gasteiger partial charge on any atom is -0.379 e. The van der Waals surface area contributed by atoms with E-state index in [9.17, 15) is 0 Å². The summed E-state index contributed by atoms with van der Waals surface area (Å²) in [6.07, 6.45) is 3.57. The predicted molar refractivity (Wildman–Crippen MR) is 119 cm³/mol. The third-order valence-electron chi connectivity index (χ3n) is 4.50. The van der Waals surface area contributed by atoms with Crippen molar-refractivity contribution in [2.24, 2.45) is 4.99 Å². The Labute approximate surface area is 175 Å². The van der Waals surface area contributed by atoms with E-state index in [-0.39, 0.29) is 24.0 Å². The van der Waals surface area contributed by atoms with E-state index in [1.807, 2.05) is 0 Å². The molecule has 1 aromatic rings. The van der Waals surface area contributed by atoms with Crippen molar-refractivity contribution >= 4 is 29.9 Å². The Morgan fingerprint density at radius 3 is 2.92 bits per heavy atom. The largest absolute Gasteiger partial charge is 0.379 e. The highest BCUT2D eigenvalue weighted by Crippen LogP contribution is 2.15. The van der Waals surface area contributed by atoms with Crippen molar-refractivity contribution in [2.75, 3.05) is 40.0 Å². The van der Waals surface area contributed by atoms with Crippen LogP contribution >= 0.6 is 24.0 Å². The average Bonchev–Trinajstić information content (AvgIpc) is 3.13. The van der Waals surface area contributed by atoms with Crippen LogP contribution in [0, 0.1) is 6.92 Å². The number of halogens is 1. The van der Waals surface area contributed by atoms with Crippen LogP contribution in [0.15, 0.2) is 29.3 Å². The SMILES string of the molecule is CN=C(NCCCOCC1CCCO1)NCC(C)c1cccc(C)c1.I. The topological polar surface area (TPSA) is 54.9 Å². The van der Waals surface area contributed by atoms with E-state index in [0.29, 0.717) is 12.0 Å². The van der Waals surface area contributed by atoms with Crippen LogP contribution < -0.4 is 10.6 Å². The molecule has 1 fully saturated rings. The van der Waals surface area contributed by atoms with Gasteiger partial charge in [0.15, 0.2) is 5.96 Å². The zero-order chi connectivity index (χ0) is 17.9. The number of nitrogens with one attached hydrogen (secondary N) is 2. The van der Waals surface area contributed by atoms with Crippen molar-refractivity contribution in [3.05, 3.63) is 35.4 Å². The normalized spacial score (nSPS) is 18.3. The molecule has 2 unspecified atom stereocenters. The molecule has 1 aliphatic rings. The van der Waals surface area contributed by atoms with Crippen molar-refractivity contribution in [3.8, 4) is 0 Å². The summed E-state index contributed by atoms with van der Waals surface area (Å²) in [5.74, 6) is 1.28. The zero-order valence-corrected chi connectivity index (χ0v) is 18.6. The highest BCUT2D eigenvalue weighted by Gasteiger charge is 2.14. The van der Waals surface area contributed by atoms with Gasteiger partial charge >= 0.3 is 0 Å². The highest BCUT2D eigenvalue weighted by atomic mass is 127. The van der Waals surface area contributed by atoms with Crippen molar-refractivity contribution in [1.82, 2.24) is 10.6 Å². The quantitative estimate of drug-likeness (QED) is 0.249. The van der Waals surface area contributed by atoms with Gasteiger partial charge in [0.25, 0.3) is 0 Å². The third kappa shape index (κ3) is 8.68. The highest BCUT2D eigenvalue weighted by molar-refractivity contribution is 14.0. The number of hydrogen-bond acceptors (Lipinski definition) is 3. The number of ether oxygens (including phenoxy) is 2. The van der Waals surface area contributed by atoms with Crippen molar-refractivity contribution in [3.63, 3.8) is 0 Å². The van der Waals surface area contributed by atoms with Gasteiger partial charge < -0.3 is 20.1 Å². The maximum atomic E-state index is 5.67. The lowest BCUT2D eigenvalue weighted by molar-refractivity contribution is 0.0168. The van der Waals surface area contributed by atoms with E-state index in [4.69, 9.17) is 9.47 Å². The number of nitrogens with zero attached hydrogens (tertiary/aromatic N) is 1. The van der Waals surface area contributed by atoms with E-state index >= 15 is 0 Å². The first kappa shape index (κ1) is 23.2. The Bertz CT molecular complexity index is 534. The van der Waals surface area contributed by atoms with Crippen LogP contribution in [0.2, 0.25) is 0 Å².